The zero-order valence-corrected chi connectivity index (χ0v) is 8.20. The van der Waals surface area contributed by atoms with Crippen molar-refractivity contribution in [2.75, 3.05) is 26.8 Å². The second-order valence-electron chi connectivity index (χ2n) is 3.25. The van der Waals surface area contributed by atoms with Crippen molar-refractivity contribution < 1.29 is 22.3 Å². The van der Waals surface area contributed by atoms with Gasteiger partial charge in [0, 0.05) is 20.3 Å². The number of nitrogens with one attached hydrogen (secondary N) is 1. The van der Waals surface area contributed by atoms with Gasteiger partial charge in [0.2, 0.25) is 0 Å². The van der Waals surface area contributed by atoms with Crippen LogP contribution in [0, 0.1) is 5.92 Å². The van der Waals surface area contributed by atoms with Crippen LogP contribution < -0.4 is 5.32 Å². The van der Waals surface area contributed by atoms with E-state index >= 15 is 0 Å². The molecule has 0 bridgehead atoms. The molecular formula is C8H15F4NO. The number of alkyl halides is 4. The smallest absolute Gasteiger partial charge is 0.319 e. The van der Waals surface area contributed by atoms with Crippen LogP contribution in [0.1, 0.15) is 6.92 Å². The average Bonchev–Trinajstić information content (AvgIpc) is 2.04. The van der Waals surface area contributed by atoms with Crippen LogP contribution in [0.4, 0.5) is 17.6 Å². The molecular weight excluding hydrogens is 202 g/mol. The third-order valence-electron chi connectivity index (χ3n) is 1.62. The van der Waals surface area contributed by atoms with Crippen LogP contribution in [-0.2, 0) is 4.74 Å². The minimum absolute atomic E-state index is 0.0217. The number of methoxy groups -OCH3 is 1. The normalized spacial score (nSPS) is 14.8. The lowest BCUT2D eigenvalue weighted by Crippen LogP contribution is -2.40. The molecule has 86 valence electrons. The number of hydrogen-bond donors (Lipinski definition) is 1. The molecule has 0 aliphatic heterocycles. The monoisotopic (exact) mass is 217 g/mol. The first-order valence-corrected chi connectivity index (χ1v) is 4.25. The first-order chi connectivity index (χ1) is 6.40. The van der Waals surface area contributed by atoms with Crippen LogP contribution in [0.2, 0.25) is 0 Å². The van der Waals surface area contributed by atoms with Gasteiger partial charge in [0.25, 0.3) is 0 Å². The van der Waals surface area contributed by atoms with Gasteiger partial charge in [-0.1, -0.05) is 6.92 Å². The molecule has 0 fully saturated rings. The summed E-state index contributed by atoms with van der Waals surface area (Å²) in [7, 11) is 1.49. The van der Waals surface area contributed by atoms with Crippen molar-refractivity contribution in [2.24, 2.45) is 5.92 Å². The van der Waals surface area contributed by atoms with Crippen molar-refractivity contribution in [3.63, 3.8) is 0 Å². The zero-order valence-electron chi connectivity index (χ0n) is 8.20. The molecule has 1 atom stereocenters. The van der Waals surface area contributed by atoms with Gasteiger partial charge in [-0.3, -0.25) is 0 Å². The molecule has 0 amide bonds. The topological polar surface area (TPSA) is 21.3 Å². The Balaban J connectivity index is 3.62. The molecule has 0 saturated heterocycles. The fourth-order valence-corrected chi connectivity index (χ4v) is 0.906. The van der Waals surface area contributed by atoms with Crippen LogP contribution in [-0.4, -0.2) is 39.2 Å². The van der Waals surface area contributed by atoms with Gasteiger partial charge in [-0.15, -0.1) is 0 Å². The van der Waals surface area contributed by atoms with E-state index in [2.05, 4.69) is 5.32 Å². The highest BCUT2D eigenvalue weighted by Gasteiger charge is 2.39. The average molecular weight is 217 g/mol. The molecule has 0 aliphatic carbocycles. The Morgan fingerprint density at radius 2 is 1.93 bits per heavy atom. The van der Waals surface area contributed by atoms with Gasteiger partial charge in [-0.25, -0.2) is 8.78 Å². The fraction of sp³-hybridized carbons (Fsp3) is 1.00. The van der Waals surface area contributed by atoms with Crippen LogP contribution in [0.5, 0.6) is 0 Å². The molecule has 2 nitrogen and oxygen atoms in total. The van der Waals surface area contributed by atoms with E-state index in [1.54, 1.807) is 6.92 Å². The Hall–Kier alpha value is -0.360. The van der Waals surface area contributed by atoms with Gasteiger partial charge in [-0.2, -0.15) is 8.78 Å². The van der Waals surface area contributed by atoms with Crippen LogP contribution >= 0.6 is 0 Å². The summed E-state index contributed by atoms with van der Waals surface area (Å²) in [5.74, 6) is -3.93. The highest BCUT2D eigenvalue weighted by molar-refractivity contribution is 4.72. The van der Waals surface area contributed by atoms with Crippen molar-refractivity contribution in [1.29, 1.82) is 0 Å². The van der Waals surface area contributed by atoms with E-state index in [1.807, 2.05) is 0 Å². The third-order valence-corrected chi connectivity index (χ3v) is 1.62. The summed E-state index contributed by atoms with van der Waals surface area (Å²) in [5.41, 5.74) is 0. The van der Waals surface area contributed by atoms with Crippen molar-refractivity contribution in [3.8, 4) is 0 Å². The summed E-state index contributed by atoms with van der Waals surface area (Å²) in [6.45, 7) is 1.42. The van der Waals surface area contributed by atoms with E-state index in [9.17, 15) is 17.6 Å². The number of rotatable bonds is 7. The van der Waals surface area contributed by atoms with Crippen LogP contribution in [0.3, 0.4) is 0 Å². The Morgan fingerprint density at radius 1 is 1.36 bits per heavy atom. The van der Waals surface area contributed by atoms with Gasteiger partial charge in [0.15, 0.2) is 0 Å². The van der Waals surface area contributed by atoms with Crippen molar-refractivity contribution in [3.05, 3.63) is 0 Å². The standard InChI is InChI=1S/C8H15F4NO/c1-6(4-14-2)3-13-5-8(11,12)7(9)10/h6-7,13H,3-5H2,1-2H3. The Labute approximate surface area is 80.6 Å². The molecule has 0 rings (SSSR count). The molecule has 1 N–H and O–H groups in total. The van der Waals surface area contributed by atoms with Crippen molar-refractivity contribution in [2.45, 2.75) is 19.3 Å². The second kappa shape index (κ2) is 6.19. The van der Waals surface area contributed by atoms with Crippen LogP contribution in [0.25, 0.3) is 0 Å². The van der Waals surface area contributed by atoms with E-state index in [4.69, 9.17) is 4.74 Å². The molecule has 6 heteroatoms. The Bertz CT molecular complexity index is 154. The quantitative estimate of drug-likeness (QED) is 0.656. The minimum Gasteiger partial charge on any atom is -0.384 e. The maximum Gasteiger partial charge on any atom is 0.319 e. The van der Waals surface area contributed by atoms with Gasteiger partial charge >= 0.3 is 12.3 Å². The van der Waals surface area contributed by atoms with Gasteiger partial charge in [0.05, 0.1) is 6.54 Å². The molecule has 0 aromatic rings. The largest absolute Gasteiger partial charge is 0.384 e. The number of ether oxygens (including phenoxy) is 1. The maximum atomic E-state index is 12.3. The van der Waals surface area contributed by atoms with E-state index in [1.165, 1.54) is 7.11 Å². The molecule has 14 heavy (non-hydrogen) atoms. The molecule has 0 aromatic carbocycles. The predicted molar refractivity (Wildman–Crippen MR) is 44.9 cm³/mol. The van der Waals surface area contributed by atoms with E-state index < -0.39 is 18.9 Å². The Kier molecular flexibility index (Phi) is 6.03. The van der Waals surface area contributed by atoms with E-state index in [-0.39, 0.29) is 12.5 Å². The van der Waals surface area contributed by atoms with Crippen LogP contribution in [0.15, 0.2) is 0 Å². The number of halogens is 4. The molecule has 0 radical (unpaired) electrons. The molecule has 0 aliphatic rings. The summed E-state index contributed by atoms with van der Waals surface area (Å²) < 4.78 is 52.8. The molecule has 0 spiro atoms. The summed E-state index contributed by atoms with van der Waals surface area (Å²) in [4.78, 5) is 0. The predicted octanol–water partition coefficient (Wildman–Crippen LogP) is 1.76. The SMILES string of the molecule is COCC(C)CNCC(F)(F)C(F)F. The highest BCUT2D eigenvalue weighted by atomic mass is 19.3. The summed E-state index contributed by atoms with van der Waals surface area (Å²) in [6, 6.07) is 0. The molecule has 1 unspecified atom stereocenters. The molecule has 0 saturated carbocycles. The van der Waals surface area contributed by atoms with Gasteiger partial charge in [-0.05, 0) is 5.92 Å². The summed E-state index contributed by atoms with van der Waals surface area (Å²) in [6.07, 6.45) is -3.62. The summed E-state index contributed by atoms with van der Waals surface area (Å²) >= 11 is 0. The third kappa shape index (κ3) is 5.39. The first-order valence-electron chi connectivity index (χ1n) is 4.25. The summed E-state index contributed by atoms with van der Waals surface area (Å²) in [5, 5.41) is 2.28. The lowest BCUT2D eigenvalue weighted by molar-refractivity contribution is -0.125. The number of hydrogen-bond acceptors (Lipinski definition) is 2. The van der Waals surface area contributed by atoms with E-state index in [0.29, 0.717) is 6.61 Å². The lowest BCUT2D eigenvalue weighted by atomic mass is 10.2. The Morgan fingerprint density at radius 3 is 2.36 bits per heavy atom. The fourth-order valence-electron chi connectivity index (χ4n) is 0.906. The maximum absolute atomic E-state index is 12.3. The minimum atomic E-state index is -3.95. The first kappa shape index (κ1) is 13.6. The van der Waals surface area contributed by atoms with Gasteiger partial charge in [0.1, 0.15) is 0 Å². The highest BCUT2D eigenvalue weighted by Crippen LogP contribution is 2.21. The van der Waals surface area contributed by atoms with Gasteiger partial charge < -0.3 is 10.1 Å². The molecule has 0 aromatic heterocycles. The van der Waals surface area contributed by atoms with E-state index in [0.717, 1.165) is 0 Å². The lowest BCUT2D eigenvalue weighted by Gasteiger charge is -2.17. The van der Waals surface area contributed by atoms with Crippen molar-refractivity contribution >= 4 is 0 Å². The van der Waals surface area contributed by atoms with Crippen molar-refractivity contribution in [1.82, 2.24) is 5.32 Å². The zero-order chi connectivity index (χ0) is 11.2. The second-order valence-corrected chi connectivity index (χ2v) is 3.25. The molecule has 0 heterocycles.